The van der Waals surface area contributed by atoms with E-state index in [1.165, 1.54) is 18.6 Å². The van der Waals surface area contributed by atoms with Crippen LogP contribution in [-0.2, 0) is 4.74 Å². The minimum atomic E-state index is 0.306. The third kappa shape index (κ3) is 1.42. The fourth-order valence-corrected chi connectivity index (χ4v) is 3.19. The van der Waals surface area contributed by atoms with Gasteiger partial charge in [0.2, 0.25) is 0 Å². The molecule has 64 valence electrons. The second kappa shape index (κ2) is 2.96. The van der Waals surface area contributed by atoms with Gasteiger partial charge in [-0.2, -0.15) is 0 Å². The van der Waals surface area contributed by atoms with Gasteiger partial charge in [-0.05, 0) is 6.42 Å². The molecular formula is C8H15NOS. The van der Waals surface area contributed by atoms with Gasteiger partial charge in [-0.1, -0.05) is 6.92 Å². The van der Waals surface area contributed by atoms with Crippen molar-refractivity contribution in [1.29, 1.82) is 0 Å². The maximum absolute atomic E-state index is 5.39. The van der Waals surface area contributed by atoms with Crippen LogP contribution in [0.2, 0.25) is 0 Å². The standard InChI is InChI=1S/C8H15NOS/c1-2-7-5-11-8(9-7)3-4-10-6-8/h7,9H,2-6H2,1H3. The second-order valence-electron chi connectivity index (χ2n) is 3.36. The molecule has 2 rings (SSSR count). The molecule has 2 heterocycles. The smallest absolute Gasteiger partial charge is 0.0906 e. The zero-order chi connectivity index (χ0) is 7.73. The number of hydrogen-bond donors (Lipinski definition) is 1. The van der Waals surface area contributed by atoms with E-state index in [2.05, 4.69) is 12.2 Å². The lowest BCUT2D eigenvalue weighted by Crippen LogP contribution is -2.41. The predicted octanol–water partition coefficient (Wildman–Crippen LogP) is 1.22. The van der Waals surface area contributed by atoms with E-state index in [0.29, 0.717) is 4.87 Å². The summed E-state index contributed by atoms with van der Waals surface area (Å²) in [4.78, 5) is 0.306. The fourth-order valence-electron chi connectivity index (χ4n) is 1.71. The van der Waals surface area contributed by atoms with Gasteiger partial charge < -0.3 is 4.74 Å². The molecule has 2 unspecified atom stereocenters. The van der Waals surface area contributed by atoms with Gasteiger partial charge in [0, 0.05) is 24.8 Å². The van der Waals surface area contributed by atoms with Crippen molar-refractivity contribution in [2.75, 3.05) is 19.0 Å². The van der Waals surface area contributed by atoms with E-state index >= 15 is 0 Å². The molecule has 0 amide bonds. The molecule has 3 heteroatoms. The lowest BCUT2D eigenvalue weighted by Gasteiger charge is -2.21. The quantitative estimate of drug-likeness (QED) is 0.644. The number of nitrogens with one attached hydrogen (secondary N) is 1. The zero-order valence-electron chi connectivity index (χ0n) is 6.93. The van der Waals surface area contributed by atoms with Crippen LogP contribution in [-0.4, -0.2) is 29.9 Å². The summed E-state index contributed by atoms with van der Waals surface area (Å²) < 4.78 is 5.39. The Morgan fingerprint density at radius 2 is 2.64 bits per heavy atom. The molecule has 2 fully saturated rings. The van der Waals surface area contributed by atoms with Gasteiger partial charge in [-0.15, -0.1) is 11.8 Å². The van der Waals surface area contributed by atoms with E-state index in [9.17, 15) is 0 Å². The van der Waals surface area contributed by atoms with Gasteiger partial charge in [0.25, 0.3) is 0 Å². The van der Waals surface area contributed by atoms with Crippen molar-refractivity contribution < 1.29 is 4.74 Å². The molecule has 0 aliphatic carbocycles. The molecule has 0 saturated carbocycles. The molecular weight excluding hydrogens is 158 g/mol. The molecule has 0 aromatic rings. The van der Waals surface area contributed by atoms with E-state index in [1.54, 1.807) is 0 Å². The average molecular weight is 173 g/mol. The van der Waals surface area contributed by atoms with E-state index < -0.39 is 0 Å². The number of hydrogen-bond acceptors (Lipinski definition) is 3. The minimum absolute atomic E-state index is 0.306. The summed E-state index contributed by atoms with van der Waals surface area (Å²) in [6, 6.07) is 0.724. The molecule has 0 aromatic carbocycles. The van der Waals surface area contributed by atoms with Crippen LogP contribution in [0.4, 0.5) is 0 Å². The van der Waals surface area contributed by atoms with Crippen LogP contribution < -0.4 is 5.32 Å². The van der Waals surface area contributed by atoms with E-state index in [-0.39, 0.29) is 0 Å². The Balaban J connectivity index is 1.96. The van der Waals surface area contributed by atoms with Crippen molar-refractivity contribution >= 4 is 11.8 Å². The number of thioether (sulfide) groups is 1. The molecule has 0 bridgehead atoms. The van der Waals surface area contributed by atoms with E-state index in [4.69, 9.17) is 4.74 Å². The first-order valence-electron chi connectivity index (χ1n) is 4.34. The van der Waals surface area contributed by atoms with E-state index in [1.807, 2.05) is 11.8 Å². The SMILES string of the molecule is CCC1CSC2(CCOC2)N1. The Morgan fingerprint density at radius 1 is 1.73 bits per heavy atom. The van der Waals surface area contributed by atoms with Crippen molar-refractivity contribution in [1.82, 2.24) is 5.32 Å². The van der Waals surface area contributed by atoms with Gasteiger partial charge in [0.15, 0.2) is 0 Å². The molecule has 2 atom stereocenters. The molecule has 1 spiro atoms. The average Bonchev–Trinajstić information content (AvgIpc) is 2.62. The Bertz CT molecular complexity index is 145. The van der Waals surface area contributed by atoms with Crippen molar-refractivity contribution in [2.45, 2.75) is 30.7 Å². The molecule has 1 N–H and O–H groups in total. The van der Waals surface area contributed by atoms with Crippen molar-refractivity contribution in [3.8, 4) is 0 Å². The topological polar surface area (TPSA) is 21.3 Å². The summed E-state index contributed by atoms with van der Waals surface area (Å²) >= 11 is 2.05. The van der Waals surface area contributed by atoms with Gasteiger partial charge in [-0.3, -0.25) is 5.32 Å². The Kier molecular flexibility index (Phi) is 2.12. The van der Waals surface area contributed by atoms with Crippen molar-refractivity contribution in [2.24, 2.45) is 0 Å². The lowest BCUT2D eigenvalue weighted by molar-refractivity contribution is 0.185. The Labute approximate surface area is 72.1 Å². The summed E-state index contributed by atoms with van der Waals surface area (Å²) in [6.07, 6.45) is 2.43. The molecule has 2 nitrogen and oxygen atoms in total. The first-order chi connectivity index (χ1) is 5.35. The van der Waals surface area contributed by atoms with Crippen LogP contribution in [0, 0.1) is 0 Å². The monoisotopic (exact) mass is 173 g/mol. The Morgan fingerprint density at radius 3 is 3.18 bits per heavy atom. The maximum Gasteiger partial charge on any atom is 0.0906 e. The van der Waals surface area contributed by atoms with Gasteiger partial charge >= 0.3 is 0 Å². The maximum atomic E-state index is 5.39. The highest BCUT2D eigenvalue weighted by Gasteiger charge is 2.41. The second-order valence-corrected chi connectivity index (χ2v) is 4.76. The summed E-state index contributed by atoms with van der Waals surface area (Å²) in [5.74, 6) is 1.26. The fraction of sp³-hybridized carbons (Fsp3) is 1.00. The van der Waals surface area contributed by atoms with E-state index in [0.717, 1.165) is 19.3 Å². The van der Waals surface area contributed by atoms with Crippen LogP contribution >= 0.6 is 11.8 Å². The third-order valence-electron chi connectivity index (χ3n) is 2.51. The highest BCUT2D eigenvalue weighted by Crippen LogP contribution is 2.37. The Hall–Kier alpha value is 0.270. The first-order valence-corrected chi connectivity index (χ1v) is 5.33. The zero-order valence-corrected chi connectivity index (χ0v) is 7.75. The molecule has 11 heavy (non-hydrogen) atoms. The predicted molar refractivity (Wildman–Crippen MR) is 47.8 cm³/mol. The molecule has 0 radical (unpaired) electrons. The summed E-state index contributed by atoms with van der Waals surface area (Å²) in [5, 5.41) is 3.65. The highest BCUT2D eigenvalue weighted by molar-refractivity contribution is 8.00. The summed E-state index contributed by atoms with van der Waals surface area (Å²) in [6.45, 7) is 4.09. The normalized spacial score (nSPS) is 43.9. The molecule has 0 aromatic heterocycles. The highest BCUT2D eigenvalue weighted by atomic mass is 32.2. The van der Waals surface area contributed by atoms with Crippen molar-refractivity contribution in [3.05, 3.63) is 0 Å². The minimum Gasteiger partial charge on any atom is -0.379 e. The third-order valence-corrected chi connectivity index (χ3v) is 4.07. The van der Waals surface area contributed by atoms with Crippen LogP contribution in [0.3, 0.4) is 0 Å². The summed E-state index contributed by atoms with van der Waals surface area (Å²) in [5.41, 5.74) is 0. The van der Waals surface area contributed by atoms with Crippen LogP contribution in [0.1, 0.15) is 19.8 Å². The van der Waals surface area contributed by atoms with Crippen molar-refractivity contribution in [3.63, 3.8) is 0 Å². The first kappa shape index (κ1) is 7.90. The van der Waals surface area contributed by atoms with Crippen LogP contribution in [0.25, 0.3) is 0 Å². The number of rotatable bonds is 1. The molecule has 2 saturated heterocycles. The van der Waals surface area contributed by atoms with Gasteiger partial charge in [0.05, 0.1) is 11.5 Å². The van der Waals surface area contributed by atoms with Crippen LogP contribution in [0.15, 0.2) is 0 Å². The van der Waals surface area contributed by atoms with Crippen LogP contribution in [0.5, 0.6) is 0 Å². The summed E-state index contributed by atoms with van der Waals surface area (Å²) in [7, 11) is 0. The lowest BCUT2D eigenvalue weighted by atomic mass is 10.2. The largest absolute Gasteiger partial charge is 0.379 e. The van der Waals surface area contributed by atoms with Gasteiger partial charge in [0.1, 0.15) is 0 Å². The number of ether oxygens (including phenoxy) is 1. The molecule has 2 aliphatic heterocycles. The molecule has 2 aliphatic rings. The van der Waals surface area contributed by atoms with Gasteiger partial charge in [-0.25, -0.2) is 0 Å².